The Morgan fingerprint density at radius 2 is 2.00 bits per heavy atom. The van der Waals surface area contributed by atoms with Crippen molar-refractivity contribution in [2.24, 2.45) is 11.3 Å². The van der Waals surface area contributed by atoms with Gasteiger partial charge in [0.1, 0.15) is 0 Å². The molecule has 1 spiro atoms. The smallest absolute Gasteiger partial charge is 0.335 e. The minimum atomic E-state index is -1.01. The highest BCUT2D eigenvalue weighted by Gasteiger charge is 2.57. The number of anilines is 1. The molecule has 1 saturated carbocycles. The van der Waals surface area contributed by atoms with E-state index >= 15 is 0 Å². The molecule has 1 amide bonds. The third kappa shape index (κ3) is 2.96. The Kier molecular flexibility index (Phi) is 3.75. The summed E-state index contributed by atoms with van der Waals surface area (Å²) in [5.41, 5.74) is 0.867. The summed E-state index contributed by atoms with van der Waals surface area (Å²) in [5.74, 6) is -0.939. The first-order valence-corrected chi connectivity index (χ1v) is 7.85. The second-order valence-corrected chi connectivity index (χ2v) is 6.81. The number of piperidine rings is 1. The number of rotatable bonds is 3. The van der Waals surface area contributed by atoms with Gasteiger partial charge >= 0.3 is 5.97 Å². The minimum Gasteiger partial charge on any atom is -0.478 e. The first-order chi connectivity index (χ1) is 10.00. The molecular weight excluding hydrogens is 336 g/mol. The molecule has 2 aliphatic rings. The second-order valence-electron chi connectivity index (χ2n) is 5.89. The van der Waals surface area contributed by atoms with Gasteiger partial charge in [-0.2, -0.15) is 0 Å². The topological polar surface area (TPSA) is 78.4 Å². The van der Waals surface area contributed by atoms with Crippen LogP contribution in [-0.2, 0) is 4.79 Å². The molecule has 1 atom stereocenters. The van der Waals surface area contributed by atoms with Gasteiger partial charge in [-0.25, -0.2) is 4.79 Å². The monoisotopic (exact) mass is 352 g/mol. The molecule has 1 aromatic rings. The van der Waals surface area contributed by atoms with Gasteiger partial charge in [0.25, 0.3) is 0 Å². The SMILES string of the molecule is O=C(O)c1cc(Br)cc(NC(=O)C2CC23CCNCC3)c1. The van der Waals surface area contributed by atoms with Crippen LogP contribution in [0.3, 0.4) is 0 Å². The van der Waals surface area contributed by atoms with Crippen molar-refractivity contribution in [3.63, 3.8) is 0 Å². The lowest BCUT2D eigenvalue weighted by molar-refractivity contribution is -0.118. The van der Waals surface area contributed by atoms with Crippen LogP contribution < -0.4 is 10.6 Å². The molecule has 0 radical (unpaired) electrons. The molecule has 6 heteroatoms. The highest BCUT2D eigenvalue weighted by molar-refractivity contribution is 9.10. The molecule has 112 valence electrons. The van der Waals surface area contributed by atoms with Crippen LogP contribution in [0.25, 0.3) is 0 Å². The van der Waals surface area contributed by atoms with Gasteiger partial charge < -0.3 is 15.7 Å². The van der Waals surface area contributed by atoms with Crippen molar-refractivity contribution in [3.8, 4) is 0 Å². The van der Waals surface area contributed by atoms with E-state index in [1.165, 1.54) is 12.1 Å². The second kappa shape index (κ2) is 5.42. The third-order valence-electron chi connectivity index (χ3n) is 4.52. The molecule has 1 saturated heterocycles. The van der Waals surface area contributed by atoms with E-state index in [0.29, 0.717) is 10.2 Å². The van der Waals surface area contributed by atoms with Crippen molar-refractivity contribution >= 4 is 33.5 Å². The summed E-state index contributed by atoms with van der Waals surface area (Å²) < 4.78 is 0.644. The largest absolute Gasteiger partial charge is 0.478 e. The fourth-order valence-corrected chi connectivity index (χ4v) is 3.70. The maximum absolute atomic E-state index is 12.3. The Morgan fingerprint density at radius 3 is 2.67 bits per heavy atom. The summed E-state index contributed by atoms with van der Waals surface area (Å²) >= 11 is 3.27. The maximum atomic E-state index is 12.3. The molecule has 0 aromatic heterocycles. The fourth-order valence-electron chi connectivity index (χ4n) is 3.21. The molecule has 3 N–H and O–H groups in total. The average molecular weight is 353 g/mol. The molecule has 0 bridgehead atoms. The number of carbonyl (C=O) groups excluding carboxylic acids is 1. The first-order valence-electron chi connectivity index (χ1n) is 7.06. The molecule has 21 heavy (non-hydrogen) atoms. The Balaban J connectivity index is 1.70. The van der Waals surface area contributed by atoms with E-state index in [2.05, 4.69) is 26.6 Å². The van der Waals surface area contributed by atoms with Gasteiger partial charge in [-0.15, -0.1) is 0 Å². The van der Waals surface area contributed by atoms with Gasteiger partial charge in [0.2, 0.25) is 5.91 Å². The number of carboxylic acids is 1. The van der Waals surface area contributed by atoms with E-state index in [1.807, 2.05) is 0 Å². The quantitative estimate of drug-likeness (QED) is 0.780. The molecule has 1 heterocycles. The average Bonchev–Trinajstić information content (AvgIpc) is 3.12. The summed E-state index contributed by atoms with van der Waals surface area (Å²) in [4.78, 5) is 23.4. The van der Waals surface area contributed by atoms with Crippen molar-refractivity contribution in [3.05, 3.63) is 28.2 Å². The van der Waals surface area contributed by atoms with Crippen LogP contribution in [0.1, 0.15) is 29.6 Å². The zero-order valence-corrected chi connectivity index (χ0v) is 13.1. The van der Waals surface area contributed by atoms with Crippen molar-refractivity contribution in [1.29, 1.82) is 0 Å². The van der Waals surface area contributed by atoms with E-state index in [-0.39, 0.29) is 22.8 Å². The molecule has 5 nitrogen and oxygen atoms in total. The highest BCUT2D eigenvalue weighted by Crippen LogP contribution is 2.58. The number of carboxylic acid groups (broad SMARTS) is 1. The lowest BCUT2D eigenvalue weighted by Gasteiger charge is -2.23. The van der Waals surface area contributed by atoms with E-state index in [1.54, 1.807) is 6.07 Å². The number of benzene rings is 1. The third-order valence-corrected chi connectivity index (χ3v) is 4.98. The van der Waals surface area contributed by atoms with Gasteiger partial charge in [0, 0.05) is 16.1 Å². The van der Waals surface area contributed by atoms with Gasteiger partial charge in [-0.05, 0) is 56.0 Å². The first kappa shape index (κ1) is 14.5. The number of nitrogens with one attached hydrogen (secondary N) is 2. The van der Waals surface area contributed by atoms with Gasteiger partial charge in [0.05, 0.1) is 5.56 Å². The number of carbonyl (C=O) groups is 2. The number of hydrogen-bond donors (Lipinski definition) is 3. The van der Waals surface area contributed by atoms with Crippen LogP contribution in [0.4, 0.5) is 5.69 Å². The van der Waals surface area contributed by atoms with Crippen molar-refractivity contribution < 1.29 is 14.7 Å². The van der Waals surface area contributed by atoms with Gasteiger partial charge in [-0.3, -0.25) is 4.79 Å². The van der Waals surface area contributed by atoms with Gasteiger partial charge in [-0.1, -0.05) is 15.9 Å². The lowest BCUT2D eigenvalue weighted by Crippen LogP contribution is -2.31. The molecule has 3 rings (SSSR count). The zero-order valence-electron chi connectivity index (χ0n) is 11.5. The summed E-state index contributed by atoms with van der Waals surface area (Å²) in [6.07, 6.45) is 3.04. The van der Waals surface area contributed by atoms with Crippen LogP contribution in [0.2, 0.25) is 0 Å². The number of amides is 1. The van der Waals surface area contributed by atoms with E-state index in [9.17, 15) is 9.59 Å². The van der Waals surface area contributed by atoms with Crippen LogP contribution >= 0.6 is 15.9 Å². The van der Waals surface area contributed by atoms with Crippen LogP contribution in [0.5, 0.6) is 0 Å². The molecule has 1 unspecified atom stereocenters. The molecule has 1 aliphatic carbocycles. The standard InChI is InChI=1S/C15H17BrN2O3/c16-10-5-9(14(20)21)6-11(7-10)18-13(19)12-8-15(12)1-3-17-4-2-15/h5-7,12,17H,1-4,8H2,(H,18,19)(H,20,21). The predicted molar refractivity (Wildman–Crippen MR) is 82.4 cm³/mol. The normalized spacial score (nSPS) is 22.8. The van der Waals surface area contributed by atoms with Crippen LogP contribution in [0.15, 0.2) is 22.7 Å². The van der Waals surface area contributed by atoms with Crippen molar-refractivity contribution in [1.82, 2.24) is 5.32 Å². The van der Waals surface area contributed by atoms with Crippen LogP contribution in [-0.4, -0.2) is 30.1 Å². The Bertz CT molecular complexity index is 597. The lowest BCUT2D eigenvalue weighted by atomic mass is 9.92. The fraction of sp³-hybridized carbons (Fsp3) is 0.467. The Morgan fingerprint density at radius 1 is 1.29 bits per heavy atom. The minimum absolute atomic E-state index is 0.00587. The predicted octanol–water partition coefficient (Wildman–Crippen LogP) is 2.48. The summed E-state index contributed by atoms with van der Waals surface area (Å²) in [7, 11) is 0. The van der Waals surface area contributed by atoms with Crippen LogP contribution in [0, 0.1) is 11.3 Å². The van der Waals surface area contributed by atoms with E-state index in [4.69, 9.17) is 5.11 Å². The molecule has 1 aliphatic heterocycles. The zero-order chi connectivity index (χ0) is 15.0. The summed E-state index contributed by atoms with van der Waals surface area (Å²) in [6.45, 7) is 1.95. The van der Waals surface area contributed by atoms with Gasteiger partial charge in [0.15, 0.2) is 0 Å². The van der Waals surface area contributed by atoms with Crippen molar-refractivity contribution in [2.75, 3.05) is 18.4 Å². The van der Waals surface area contributed by atoms with E-state index < -0.39 is 5.97 Å². The Labute approximate surface area is 131 Å². The maximum Gasteiger partial charge on any atom is 0.335 e. The summed E-state index contributed by atoms with van der Waals surface area (Å²) in [5, 5.41) is 15.2. The van der Waals surface area contributed by atoms with E-state index in [0.717, 1.165) is 32.4 Å². The molecular formula is C15H17BrN2O3. The van der Waals surface area contributed by atoms with Crippen molar-refractivity contribution in [2.45, 2.75) is 19.3 Å². The Hall–Kier alpha value is -1.40. The molecule has 1 aromatic carbocycles. The summed E-state index contributed by atoms with van der Waals surface area (Å²) in [6, 6.07) is 4.73. The number of aromatic carboxylic acids is 1. The molecule has 2 fully saturated rings. The number of hydrogen-bond acceptors (Lipinski definition) is 3. The number of halogens is 1. The highest BCUT2D eigenvalue weighted by atomic mass is 79.9.